The van der Waals surface area contributed by atoms with Crippen LogP contribution in [0.25, 0.3) is 11.5 Å². The van der Waals surface area contributed by atoms with Crippen LogP contribution in [-0.4, -0.2) is 43.2 Å². The molecule has 0 radical (unpaired) electrons. The van der Waals surface area contributed by atoms with E-state index in [2.05, 4.69) is 15.1 Å². The number of hydrogen-bond acceptors (Lipinski definition) is 5. The van der Waals surface area contributed by atoms with Crippen molar-refractivity contribution in [1.29, 1.82) is 0 Å². The van der Waals surface area contributed by atoms with E-state index in [4.69, 9.17) is 5.73 Å². The first-order valence-electron chi connectivity index (χ1n) is 7.70. The fraction of sp³-hybridized carbons (Fsp3) is 0.533. The summed E-state index contributed by atoms with van der Waals surface area (Å²) in [5.74, 6) is 0.139. The first-order chi connectivity index (χ1) is 11.3. The lowest BCUT2D eigenvalue weighted by Crippen LogP contribution is -2.40. The third kappa shape index (κ3) is 3.73. The van der Waals surface area contributed by atoms with Gasteiger partial charge in [0, 0.05) is 18.2 Å². The number of nitrogens with two attached hydrogens (primary N) is 1. The molecule has 3 rings (SSSR count). The predicted molar refractivity (Wildman–Crippen MR) is 79.9 cm³/mol. The number of aliphatic hydroxyl groups is 1. The van der Waals surface area contributed by atoms with Crippen LogP contribution < -0.4 is 5.73 Å². The van der Waals surface area contributed by atoms with Crippen molar-refractivity contribution in [3.05, 3.63) is 30.2 Å². The minimum Gasteiger partial charge on any atom is -0.392 e. The van der Waals surface area contributed by atoms with Crippen LogP contribution >= 0.6 is 0 Å². The average Bonchev–Trinajstić information content (AvgIpc) is 2.93. The Labute approximate surface area is 136 Å². The number of aliphatic hydroxyl groups excluding tert-OH is 1. The Morgan fingerprint density at radius 3 is 2.71 bits per heavy atom. The van der Waals surface area contributed by atoms with Crippen molar-refractivity contribution in [3.8, 4) is 11.5 Å². The van der Waals surface area contributed by atoms with Crippen molar-refractivity contribution >= 4 is 0 Å². The van der Waals surface area contributed by atoms with Crippen LogP contribution in [0.1, 0.15) is 31.0 Å². The lowest BCUT2D eigenvalue weighted by atomic mass is 9.83. The lowest BCUT2D eigenvalue weighted by molar-refractivity contribution is -0.143. The van der Waals surface area contributed by atoms with Gasteiger partial charge in [-0.2, -0.15) is 13.2 Å². The van der Waals surface area contributed by atoms with E-state index in [0.29, 0.717) is 25.0 Å². The van der Waals surface area contributed by atoms with E-state index >= 15 is 0 Å². The molecule has 0 saturated heterocycles. The van der Waals surface area contributed by atoms with Gasteiger partial charge in [-0.1, -0.05) is 6.07 Å². The summed E-state index contributed by atoms with van der Waals surface area (Å²) in [5.41, 5.74) is 6.28. The van der Waals surface area contributed by atoms with Crippen LogP contribution in [0.3, 0.4) is 0 Å². The summed E-state index contributed by atoms with van der Waals surface area (Å²) in [6.45, 7) is -1.21. The smallest absolute Gasteiger partial charge is 0.392 e. The first-order valence-corrected chi connectivity index (χ1v) is 7.70. The van der Waals surface area contributed by atoms with Gasteiger partial charge in [0.25, 0.3) is 0 Å². The van der Waals surface area contributed by atoms with Gasteiger partial charge in [-0.05, 0) is 31.4 Å². The molecule has 1 saturated carbocycles. The van der Waals surface area contributed by atoms with Gasteiger partial charge < -0.3 is 10.8 Å². The van der Waals surface area contributed by atoms with E-state index in [1.165, 1.54) is 6.20 Å². The average molecular weight is 341 g/mol. The summed E-state index contributed by atoms with van der Waals surface area (Å²) in [5, 5.41) is 13.7. The van der Waals surface area contributed by atoms with Crippen molar-refractivity contribution in [2.75, 3.05) is 0 Å². The molecule has 0 spiro atoms. The third-order valence-electron chi connectivity index (χ3n) is 4.15. The van der Waals surface area contributed by atoms with Gasteiger partial charge in [0.05, 0.1) is 6.10 Å². The number of halogens is 3. The van der Waals surface area contributed by atoms with Crippen LogP contribution in [0.5, 0.6) is 0 Å². The van der Waals surface area contributed by atoms with Crippen molar-refractivity contribution < 1.29 is 18.3 Å². The van der Waals surface area contributed by atoms with Gasteiger partial charge >= 0.3 is 6.18 Å². The Bertz CT molecular complexity index is 688. The molecule has 130 valence electrons. The molecule has 2 heterocycles. The summed E-state index contributed by atoms with van der Waals surface area (Å²) < 4.78 is 39.5. The molecule has 0 aromatic carbocycles. The maximum absolute atomic E-state index is 12.9. The molecule has 0 bridgehead atoms. The molecule has 3 N–H and O–H groups in total. The molecule has 2 aromatic rings. The highest BCUT2D eigenvalue weighted by molar-refractivity contribution is 5.47. The van der Waals surface area contributed by atoms with E-state index in [1.807, 2.05) is 0 Å². The van der Waals surface area contributed by atoms with Gasteiger partial charge in [-0.25, -0.2) is 9.67 Å². The Morgan fingerprint density at radius 2 is 2.08 bits per heavy atom. The molecule has 24 heavy (non-hydrogen) atoms. The molecule has 2 aromatic heterocycles. The molecule has 3 atom stereocenters. The fourth-order valence-corrected chi connectivity index (χ4v) is 2.97. The zero-order chi connectivity index (χ0) is 17.3. The summed E-state index contributed by atoms with van der Waals surface area (Å²) in [7, 11) is 0. The van der Waals surface area contributed by atoms with Gasteiger partial charge in [0.1, 0.15) is 18.1 Å². The minimum absolute atomic E-state index is 0.162. The molecule has 0 amide bonds. The lowest BCUT2D eigenvalue weighted by Gasteiger charge is -2.30. The number of hydrogen-bond donors (Lipinski definition) is 2. The van der Waals surface area contributed by atoms with Crippen LogP contribution in [0.4, 0.5) is 13.2 Å². The van der Waals surface area contributed by atoms with E-state index in [-0.39, 0.29) is 17.6 Å². The molecular weight excluding hydrogens is 323 g/mol. The molecule has 1 aliphatic carbocycles. The number of pyridine rings is 1. The Hall–Kier alpha value is -2.00. The van der Waals surface area contributed by atoms with Crippen LogP contribution in [-0.2, 0) is 6.54 Å². The van der Waals surface area contributed by atoms with Crippen LogP contribution in [0, 0.1) is 0 Å². The van der Waals surface area contributed by atoms with Gasteiger partial charge in [-0.15, -0.1) is 5.10 Å². The highest BCUT2D eigenvalue weighted by Gasteiger charge is 2.35. The zero-order valence-corrected chi connectivity index (χ0v) is 12.8. The minimum atomic E-state index is -4.40. The molecule has 9 heteroatoms. The van der Waals surface area contributed by atoms with E-state index in [0.717, 1.165) is 4.68 Å². The molecule has 6 nitrogen and oxygen atoms in total. The maximum Gasteiger partial charge on any atom is 0.408 e. The van der Waals surface area contributed by atoms with E-state index in [1.54, 1.807) is 18.2 Å². The number of rotatable bonds is 3. The predicted octanol–water partition coefficient (Wildman–Crippen LogP) is 1.86. The Kier molecular flexibility index (Phi) is 4.55. The molecule has 1 fully saturated rings. The van der Waals surface area contributed by atoms with Crippen LogP contribution in [0.15, 0.2) is 24.4 Å². The molecular formula is C15H18F3N5O. The SMILES string of the molecule is N[C@@H]1C[C@@H](c2nc(-c3ccccn3)nn2CC(F)(F)F)CC[C@H]1O. The largest absolute Gasteiger partial charge is 0.408 e. The van der Waals surface area contributed by atoms with E-state index < -0.39 is 24.9 Å². The van der Waals surface area contributed by atoms with Gasteiger partial charge in [0.2, 0.25) is 0 Å². The Morgan fingerprint density at radius 1 is 1.29 bits per heavy atom. The molecule has 1 aliphatic rings. The monoisotopic (exact) mass is 341 g/mol. The second-order valence-corrected chi connectivity index (χ2v) is 6.02. The fourth-order valence-electron chi connectivity index (χ4n) is 2.97. The van der Waals surface area contributed by atoms with Crippen molar-refractivity contribution in [2.45, 2.75) is 50.0 Å². The summed E-state index contributed by atoms with van der Waals surface area (Å²) in [6, 6.07) is 4.60. The maximum atomic E-state index is 12.9. The van der Waals surface area contributed by atoms with E-state index in [9.17, 15) is 18.3 Å². The summed E-state index contributed by atoms with van der Waals surface area (Å²) in [4.78, 5) is 8.39. The number of alkyl halides is 3. The number of aromatic nitrogens is 4. The number of nitrogens with zero attached hydrogens (tertiary/aromatic N) is 4. The molecule has 0 aliphatic heterocycles. The molecule has 0 unspecified atom stereocenters. The van der Waals surface area contributed by atoms with Gasteiger partial charge in [0.15, 0.2) is 5.82 Å². The summed E-state index contributed by atoms with van der Waals surface area (Å²) >= 11 is 0. The standard InChI is InChI=1S/C15H18F3N5O/c16-15(17,18)8-23-14(9-4-5-12(24)10(19)7-9)21-13(22-23)11-3-1-2-6-20-11/h1-3,6,9-10,12,24H,4-5,7-8,19H2/t9-,10+,12+/m0/s1. The normalized spacial score (nSPS) is 25.0. The summed E-state index contributed by atoms with van der Waals surface area (Å²) in [6.07, 6.45) is -2.17. The first kappa shape index (κ1) is 16.8. The van der Waals surface area contributed by atoms with Gasteiger partial charge in [-0.3, -0.25) is 4.98 Å². The van der Waals surface area contributed by atoms with Crippen molar-refractivity contribution in [1.82, 2.24) is 19.7 Å². The second kappa shape index (κ2) is 6.48. The quantitative estimate of drug-likeness (QED) is 0.889. The highest BCUT2D eigenvalue weighted by atomic mass is 19.4. The van der Waals surface area contributed by atoms with Crippen LogP contribution in [0.2, 0.25) is 0 Å². The van der Waals surface area contributed by atoms with Crippen molar-refractivity contribution in [3.63, 3.8) is 0 Å². The van der Waals surface area contributed by atoms with Crippen molar-refractivity contribution in [2.24, 2.45) is 5.73 Å². The third-order valence-corrected chi connectivity index (χ3v) is 4.15. The Balaban J connectivity index is 1.95. The zero-order valence-electron chi connectivity index (χ0n) is 12.8. The second-order valence-electron chi connectivity index (χ2n) is 6.02. The topological polar surface area (TPSA) is 89.9 Å². The highest BCUT2D eigenvalue weighted by Crippen LogP contribution is 2.33.